The van der Waals surface area contributed by atoms with Gasteiger partial charge in [-0.05, 0) is 112 Å². The summed E-state index contributed by atoms with van der Waals surface area (Å²) in [6.45, 7) is 6.63. The summed E-state index contributed by atoms with van der Waals surface area (Å²) >= 11 is 0. The third-order valence-corrected chi connectivity index (χ3v) is 12.2. The molecule has 282 valence electrons. The second-order valence-corrected chi connectivity index (χ2v) is 17.0. The fourth-order valence-corrected chi connectivity index (χ4v) is 9.35. The maximum atomic E-state index is 5.50. The Balaban J connectivity index is 1.15. The van der Waals surface area contributed by atoms with E-state index in [0.29, 0.717) is 29.2 Å². The van der Waals surface area contributed by atoms with Gasteiger partial charge in [-0.2, -0.15) is 0 Å². The SMILES string of the molecule is CC(C)(C)N1C2=NC(=NC3=NC(=NC4N=C(N=C5N=C1c1cc6ccccc6cc15)c1cc5ccccc5cc14)c1cc4ccccc4cc13)c1cc3ccccc3cc12. The average Bonchev–Trinajstić information content (AvgIpc) is 3.98. The van der Waals surface area contributed by atoms with Crippen LogP contribution in [0.5, 0.6) is 0 Å². The number of hydrogen-bond donors (Lipinski definition) is 0. The second kappa shape index (κ2) is 11.9. The van der Waals surface area contributed by atoms with Gasteiger partial charge in [0.15, 0.2) is 35.3 Å². The van der Waals surface area contributed by atoms with Crippen molar-refractivity contribution in [2.24, 2.45) is 34.9 Å². The standard InChI is InChI=1S/C52H34N8/c1-52(2,3)60-50-42-26-34-18-10-8-16-32(34)24-40(42)48(58-50)56-46-38-22-30-14-6-4-12-28(30)20-36(38)44(54-46)53-45-37-21-29-13-5-7-15-31(29)23-39(37)47(55-45)57-49-41-25-33-17-9-11-19-35(33)27-43(41)51(60)59-49/h4-27,44H,1-3H3. The van der Waals surface area contributed by atoms with Gasteiger partial charge in [0.2, 0.25) is 0 Å². The van der Waals surface area contributed by atoms with E-state index in [2.05, 4.69) is 171 Å². The molecule has 0 amide bonds. The molecule has 8 nitrogen and oxygen atoms in total. The number of amidine groups is 7. The van der Waals surface area contributed by atoms with Crippen LogP contribution < -0.4 is 0 Å². The first-order chi connectivity index (χ1) is 29.3. The zero-order valence-corrected chi connectivity index (χ0v) is 33.0. The van der Waals surface area contributed by atoms with Crippen LogP contribution in [0.1, 0.15) is 71.4 Å². The molecule has 0 N–H and O–H groups in total. The minimum absolute atomic E-state index is 0.475. The number of aliphatic imine (C=N–C) groups is 7. The molecule has 8 heteroatoms. The van der Waals surface area contributed by atoms with Crippen LogP contribution >= 0.6 is 0 Å². The van der Waals surface area contributed by atoms with Crippen molar-refractivity contribution in [2.75, 3.05) is 0 Å². The predicted molar refractivity (Wildman–Crippen MR) is 246 cm³/mol. The van der Waals surface area contributed by atoms with Crippen molar-refractivity contribution < 1.29 is 0 Å². The van der Waals surface area contributed by atoms with E-state index in [9.17, 15) is 0 Å². The van der Waals surface area contributed by atoms with Crippen molar-refractivity contribution in [2.45, 2.75) is 32.5 Å². The molecule has 0 spiro atoms. The lowest BCUT2D eigenvalue weighted by molar-refractivity contribution is 0.345. The molecule has 8 aromatic carbocycles. The zero-order chi connectivity index (χ0) is 39.9. The van der Waals surface area contributed by atoms with Gasteiger partial charge in [-0.3, -0.25) is 0 Å². The number of benzene rings is 8. The average molecular weight is 771 g/mol. The predicted octanol–water partition coefficient (Wildman–Crippen LogP) is 10.8. The molecular formula is C52H34N8. The van der Waals surface area contributed by atoms with Crippen molar-refractivity contribution >= 4 is 83.9 Å². The summed E-state index contributed by atoms with van der Waals surface area (Å²) in [6, 6.07) is 51.3. The Hall–Kier alpha value is -7.71. The molecule has 1 unspecified atom stereocenters. The first kappa shape index (κ1) is 33.3. The van der Waals surface area contributed by atoms with Gasteiger partial charge >= 0.3 is 0 Å². The van der Waals surface area contributed by atoms with E-state index in [0.717, 1.165) is 99.3 Å². The van der Waals surface area contributed by atoms with E-state index in [1.54, 1.807) is 0 Å². The van der Waals surface area contributed by atoms with Crippen LogP contribution in [-0.4, -0.2) is 51.3 Å². The van der Waals surface area contributed by atoms with Crippen molar-refractivity contribution in [3.63, 3.8) is 0 Å². The topological polar surface area (TPSA) is 89.8 Å². The van der Waals surface area contributed by atoms with Gasteiger partial charge in [0.25, 0.3) is 0 Å². The molecule has 0 aromatic heterocycles. The molecule has 5 aliphatic rings. The van der Waals surface area contributed by atoms with Crippen LogP contribution in [-0.2, 0) is 0 Å². The summed E-state index contributed by atoms with van der Waals surface area (Å²) in [7, 11) is 0. The summed E-state index contributed by atoms with van der Waals surface area (Å²) in [4.78, 5) is 40.0. The van der Waals surface area contributed by atoms with Crippen molar-refractivity contribution in [1.29, 1.82) is 0 Å². The third-order valence-electron chi connectivity index (χ3n) is 12.2. The Morgan fingerprint density at radius 2 is 0.650 bits per heavy atom. The smallest absolute Gasteiger partial charge is 0.170 e. The van der Waals surface area contributed by atoms with Gasteiger partial charge in [-0.15, -0.1) is 0 Å². The molecule has 8 aromatic rings. The third kappa shape index (κ3) is 4.88. The van der Waals surface area contributed by atoms with Gasteiger partial charge in [0.1, 0.15) is 11.7 Å². The van der Waals surface area contributed by atoms with Gasteiger partial charge in [-0.25, -0.2) is 34.9 Å². The normalized spacial score (nSPS) is 17.4. The highest BCUT2D eigenvalue weighted by Crippen LogP contribution is 2.40. The molecule has 5 aliphatic heterocycles. The van der Waals surface area contributed by atoms with E-state index in [1.165, 1.54) is 0 Å². The Morgan fingerprint density at radius 3 is 1.07 bits per heavy atom. The maximum Gasteiger partial charge on any atom is 0.170 e. The number of nitrogens with zero attached hydrogens (tertiary/aromatic N) is 8. The van der Waals surface area contributed by atoms with Crippen LogP contribution in [0.4, 0.5) is 0 Å². The van der Waals surface area contributed by atoms with Gasteiger partial charge in [0.05, 0.1) is 0 Å². The van der Waals surface area contributed by atoms with Crippen LogP contribution in [0.15, 0.2) is 181 Å². The summed E-state index contributed by atoms with van der Waals surface area (Å²) in [5, 5.41) is 8.90. The highest BCUT2D eigenvalue weighted by molar-refractivity contribution is 6.35. The quantitative estimate of drug-likeness (QED) is 0.151. The lowest BCUT2D eigenvalue weighted by Crippen LogP contribution is -2.49. The van der Waals surface area contributed by atoms with E-state index >= 15 is 0 Å². The molecule has 0 saturated carbocycles. The van der Waals surface area contributed by atoms with E-state index in [-0.39, 0.29) is 0 Å². The fraction of sp³-hybridized carbons (Fsp3) is 0.0962. The fourth-order valence-electron chi connectivity index (χ4n) is 9.35. The molecule has 60 heavy (non-hydrogen) atoms. The first-order valence-corrected chi connectivity index (χ1v) is 20.3. The van der Waals surface area contributed by atoms with Crippen molar-refractivity contribution in [3.05, 3.63) is 190 Å². The summed E-state index contributed by atoms with van der Waals surface area (Å²) < 4.78 is 0. The number of rotatable bonds is 0. The van der Waals surface area contributed by atoms with E-state index < -0.39 is 11.7 Å². The van der Waals surface area contributed by atoms with E-state index in [4.69, 9.17) is 34.9 Å². The highest BCUT2D eigenvalue weighted by atomic mass is 15.3. The summed E-state index contributed by atoms with van der Waals surface area (Å²) in [5.74, 6) is 4.48. The molecule has 0 saturated heterocycles. The minimum atomic E-state index is -0.586. The van der Waals surface area contributed by atoms with Gasteiger partial charge in [-0.1, -0.05) is 97.1 Å². The number of fused-ring (bicyclic) bond motifs is 20. The van der Waals surface area contributed by atoms with E-state index in [1.807, 2.05) is 0 Å². The molecule has 8 bridgehead atoms. The second-order valence-electron chi connectivity index (χ2n) is 17.0. The molecule has 0 aliphatic carbocycles. The van der Waals surface area contributed by atoms with Crippen LogP contribution in [0.3, 0.4) is 0 Å². The monoisotopic (exact) mass is 770 g/mol. The van der Waals surface area contributed by atoms with Crippen LogP contribution in [0.25, 0.3) is 43.1 Å². The molecule has 0 fully saturated rings. The Bertz CT molecular complexity index is 3540. The van der Waals surface area contributed by atoms with Gasteiger partial charge < -0.3 is 4.90 Å². The van der Waals surface area contributed by atoms with Gasteiger partial charge in [0, 0.05) is 50.0 Å². The molecular weight excluding hydrogens is 737 g/mol. The summed E-state index contributed by atoms with van der Waals surface area (Å²) in [6.07, 6.45) is -0.586. The molecule has 13 rings (SSSR count). The lowest BCUT2D eigenvalue weighted by Gasteiger charge is -2.37. The molecule has 1 atom stereocenters. The molecule has 5 heterocycles. The van der Waals surface area contributed by atoms with Crippen LogP contribution in [0, 0.1) is 0 Å². The first-order valence-electron chi connectivity index (χ1n) is 20.3. The molecule has 0 radical (unpaired) electrons. The van der Waals surface area contributed by atoms with Crippen molar-refractivity contribution in [1.82, 2.24) is 4.90 Å². The Labute approximate surface area is 345 Å². The minimum Gasteiger partial charge on any atom is -0.304 e. The Kier molecular flexibility index (Phi) is 6.62. The van der Waals surface area contributed by atoms with Crippen LogP contribution in [0.2, 0.25) is 0 Å². The summed E-state index contributed by atoms with van der Waals surface area (Å²) in [5.41, 5.74) is 7.11. The lowest BCUT2D eigenvalue weighted by atomic mass is 9.96. The number of hydrogen-bond acceptors (Lipinski definition) is 8. The highest BCUT2D eigenvalue weighted by Gasteiger charge is 2.40. The Morgan fingerprint density at radius 1 is 0.350 bits per heavy atom. The maximum absolute atomic E-state index is 5.50. The largest absolute Gasteiger partial charge is 0.304 e. The van der Waals surface area contributed by atoms with Crippen molar-refractivity contribution in [3.8, 4) is 0 Å². The zero-order valence-electron chi connectivity index (χ0n) is 33.0.